The van der Waals surface area contributed by atoms with Crippen molar-refractivity contribution < 1.29 is 14.5 Å². The summed E-state index contributed by atoms with van der Waals surface area (Å²) < 4.78 is 5.90. The lowest BCUT2D eigenvalue weighted by atomic mass is 9.90. The maximum atomic E-state index is 12.9. The third-order valence-corrected chi connectivity index (χ3v) is 4.90. The second-order valence-electron chi connectivity index (χ2n) is 6.93. The predicted octanol–water partition coefficient (Wildman–Crippen LogP) is 3.26. The van der Waals surface area contributed by atoms with E-state index in [1.165, 1.54) is 12.1 Å². The third kappa shape index (κ3) is 4.79. The minimum atomic E-state index is -1.06. The van der Waals surface area contributed by atoms with Crippen molar-refractivity contribution in [3.8, 4) is 5.75 Å². The summed E-state index contributed by atoms with van der Waals surface area (Å²) >= 11 is 0. The molecule has 3 rings (SSSR count). The lowest BCUT2D eigenvalue weighted by Gasteiger charge is -2.37. The van der Waals surface area contributed by atoms with E-state index >= 15 is 0 Å². The Balaban J connectivity index is 0.00000280. The summed E-state index contributed by atoms with van der Waals surface area (Å²) in [7, 11) is 0. The standard InChI is InChI=1S/C20H23N3O4.ClH/c1-20(21,15-5-3-2-4-6-15)19(24)22-13-11-18(12-14-22)27-17-9-7-16(8-10-17)23(25)26;/h2-10,18H,11-14,21H2,1H3;1H. The maximum absolute atomic E-state index is 12.9. The Hall–Kier alpha value is -2.64. The number of hydrogen-bond acceptors (Lipinski definition) is 5. The molecule has 28 heavy (non-hydrogen) atoms. The second kappa shape index (κ2) is 9.03. The van der Waals surface area contributed by atoms with E-state index < -0.39 is 10.5 Å². The summed E-state index contributed by atoms with van der Waals surface area (Å²) in [6, 6.07) is 15.4. The average molecular weight is 406 g/mol. The lowest BCUT2D eigenvalue weighted by molar-refractivity contribution is -0.384. The number of piperidine rings is 1. The third-order valence-electron chi connectivity index (χ3n) is 4.90. The molecule has 2 N–H and O–H groups in total. The first-order chi connectivity index (χ1) is 12.9. The van der Waals surface area contributed by atoms with Crippen molar-refractivity contribution in [1.82, 2.24) is 4.90 Å². The number of carbonyl (C=O) groups is 1. The molecule has 1 heterocycles. The van der Waals surface area contributed by atoms with Crippen LogP contribution in [0.2, 0.25) is 0 Å². The van der Waals surface area contributed by atoms with Crippen LogP contribution in [0.4, 0.5) is 5.69 Å². The molecule has 1 saturated heterocycles. The highest BCUT2D eigenvalue weighted by Crippen LogP contribution is 2.25. The van der Waals surface area contributed by atoms with Crippen molar-refractivity contribution in [1.29, 1.82) is 0 Å². The average Bonchev–Trinajstić information content (AvgIpc) is 2.69. The van der Waals surface area contributed by atoms with Gasteiger partial charge in [0.15, 0.2) is 0 Å². The van der Waals surface area contributed by atoms with Crippen LogP contribution in [0.25, 0.3) is 0 Å². The van der Waals surface area contributed by atoms with Gasteiger partial charge >= 0.3 is 0 Å². The normalized spacial score (nSPS) is 16.6. The molecule has 0 aliphatic carbocycles. The van der Waals surface area contributed by atoms with Gasteiger partial charge < -0.3 is 15.4 Å². The van der Waals surface area contributed by atoms with Crippen LogP contribution in [0.5, 0.6) is 5.75 Å². The van der Waals surface area contributed by atoms with Gasteiger partial charge in [0.05, 0.1) is 4.92 Å². The van der Waals surface area contributed by atoms with Crippen LogP contribution in [-0.4, -0.2) is 34.9 Å². The van der Waals surface area contributed by atoms with Gasteiger partial charge in [-0.3, -0.25) is 14.9 Å². The van der Waals surface area contributed by atoms with Gasteiger partial charge in [-0.05, 0) is 24.6 Å². The first-order valence-electron chi connectivity index (χ1n) is 8.93. The Labute approximate surface area is 170 Å². The van der Waals surface area contributed by atoms with E-state index in [0.717, 1.165) is 5.56 Å². The molecule has 0 bridgehead atoms. The van der Waals surface area contributed by atoms with Gasteiger partial charge in [0, 0.05) is 38.1 Å². The number of hydrogen-bond donors (Lipinski definition) is 1. The summed E-state index contributed by atoms with van der Waals surface area (Å²) in [5, 5.41) is 10.7. The van der Waals surface area contributed by atoms with E-state index in [2.05, 4.69) is 0 Å². The van der Waals surface area contributed by atoms with Gasteiger partial charge in [0.25, 0.3) is 5.69 Å². The summed E-state index contributed by atoms with van der Waals surface area (Å²) in [5.41, 5.74) is 6.09. The minimum Gasteiger partial charge on any atom is -0.490 e. The molecule has 1 atom stereocenters. The van der Waals surface area contributed by atoms with E-state index in [0.29, 0.717) is 31.7 Å². The van der Waals surface area contributed by atoms with Crippen LogP contribution in [0.15, 0.2) is 54.6 Å². The highest BCUT2D eigenvalue weighted by Gasteiger charge is 2.36. The smallest absolute Gasteiger partial charge is 0.269 e. The van der Waals surface area contributed by atoms with E-state index in [9.17, 15) is 14.9 Å². The SMILES string of the molecule is CC(N)(C(=O)N1CCC(Oc2ccc([N+](=O)[O-])cc2)CC1)c1ccccc1.Cl. The molecule has 150 valence electrons. The molecule has 1 unspecified atom stereocenters. The zero-order chi connectivity index (χ0) is 19.4. The van der Waals surface area contributed by atoms with Crippen LogP contribution < -0.4 is 10.5 Å². The van der Waals surface area contributed by atoms with Gasteiger partial charge in [-0.25, -0.2) is 0 Å². The monoisotopic (exact) mass is 405 g/mol. The topological polar surface area (TPSA) is 98.7 Å². The molecule has 1 aliphatic heterocycles. The largest absolute Gasteiger partial charge is 0.490 e. The second-order valence-corrected chi connectivity index (χ2v) is 6.93. The zero-order valence-electron chi connectivity index (χ0n) is 15.6. The number of nitrogens with two attached hydrogens (primary N) is 1. The first-order valence-corrected chi connectivity index (χ1v) is 8.93. The fourth-order valence-corrected chi connectivity index (χ4v) is 3.25. The highest BCUT2D eigenvalue weighted by atomic mass is 35.5. The van der Waals surface area contributed by atoms with Crippen LogP contribution in [0, 0.1) is 10.1 Å². The van der Waals surface area contributed by atoms with Crippen LogP contribution in [0.1, 0.15) is 25.3 Å². The molecule has 2 aromatic carbocycles. The van der Waals surface area contributed by atoms with Crippen molar-refractivity contribution in [2.45, 2.75) is 31.4 Å². The molecule has 0 aromatic heterocycles. The molecule has 1 fully saturated rings. The number of rotatable bonds is 5. The zero-order valence-corrected chi connectivity index (χ0v) is 16.4. The van der Waals surface area contributed by atoms with E-state index in [4.69, 9.17) is 10.5 Å². The van der Waals surface area contributed by atoms with Gasteiger partial charge in [-0.2, -0.15) is 0 Å². The lowest BCUT2D eigenvalue weighted by Crippen LogP contribution is -2.53. The number of non-ortho nitro benzene ring substituents is 1. The Kier molecular flexibility index (Phi) is 6.99. The maximum Gasteiger partial charge on any atom is 0.269 e. The van der Waals surface area contributed by atoms with Crippen molar-refractivity contribution in [3.05, 3.63) is 70.3 Å². The van der Waals surface area contributed by atoms with E-state index in [-0.39, 0.29) is 30.1 Å². The molecular weight excluding hydrogens is 382 g/mol. The highest BCUT2D eigenvalue weighted by molar-refractivity contribution is 5.87. The summed E-state index contributed by atoms with van der Waals surface area (Å²) in [6.45, 7) is 2.87. The number of amides is 1. The van der Waals surface area contributed by atoms with Gasteiger partial charge in [-0.1, -0.05) is 30.3 Å². The molecule has 1 aliphatic rings. The Morgan fingerprint density at radius 1 is 1.14 bits per heavy atom. The molecule has 0 spiro atoms. The number of nitro groups is 1. The number of nitrogens with zero attached hydrogens (tertiary/aromatic N) is 2. The summed E-state index contributed by atoms with van der Waals surface area (Å²) in [4.78, 5) is 24.9. The number of halogens is 1. The van der Waals surface area contributed by atoms with Crippen molar-refractivity contribution >= 4 is 24.0 Å². The fourth-order valence-electron chi connectivity index (χ4n) is 3.25. The summed E-state index contributed by atoms with van der Waals surface area (Å²) in [5.74, 6) is 0.501. The Morgan fingerprint density at radius 2 is 1.71 bits per heavy atom. The van der Waals surface area contributed by atoms with Gasteiger partial charge in [-0.15, -0.1) is 12.4 Å². The van der Waals surface area contributed by atoms with Gasteiger partial charge in [0.1, 0.15) is 17.4 Å². The van der Waals surface area contributed by atoms with E-state index in [1.54, 1.807) is 24.0 Å². The fraction of sp³-hybridized carbons (Fsp3) is 0.350. The molecule has 0 radical (unpaired) electrons. The van der Waals surface area contributed by atoms with Crippen molar-refractivity contribution in [2.24, 2.45) is 5.73 Å². The quantitative estimate of drug-likeness (QED) is 0.608. The Bertz CT molecular complexity index is 804. The van der Waals surface area contributed by atoms with Crippen molar-refractivity contribution in [2.75, 3.05) is 13.1 Å². The van der Waals surface area contributed by atoms with Crippen LogP contribution in [-0.2, 0) is 10.3 Å². The van der Waals surface area contributed by atoms with Gasteiger partial charge in [0.2, 0.25) is 5.91 Å². The first kappa shape index (κ1) is 21.7. The summed E-state index contributed by atoms with van der Waals surface area (Å²) in [6.07, 6.45) is 1.34. The number of ether oxygens (including phenoxy) is 1. The molecule has 1 amide bonds. The Morgan fingerprint density at radius 3 is 2.25 bits per heavy atom. The molecule has 0 saturated carbocycles. The minimum absolute atomic E-state index is 0. The number of carbonyl (C=O) groups excluding carboxylic acids is 1. The van der Waals surface area contributed by atoms with Crippen molar-refractivity contribution in [3.63, 3.8) is 0 Å². The van der Waals surface area contributed by atoms with E-state index in [1.807, 2.05) is 30.3 Å². The molecule has 8 heteroatoms. The number of likely N-dealkylation sites (tertiary alicyclic amines) is 1. The predicted molar refractivity (Wildman–Crippen MR) is 109 cm³/mol. The van der Waals surface area contributed by atoms with Crippen LogP contribution in [0.3, 0.4) is 0 Å². The molecule has 2 aromatic rings. The number of nitro benzene ring substituents is 1. The van der Waals surface area contributed by atoms with Crippen LogP contribution >= 0.6 is 12.4 Å². The molecular formula is C20H24ClN3O4. The number of benzene rings is 2. The molecule has 7 nitrogen and oxygen atoms in total.